The van der Waals surface area contributed by atoms with Crippen molar-refractivity contribution < 1.29 is 9.90 Å². The molecule has 82 valence electrons. The molecule has 0 aromatic rings. The van der Waals surface area contributed by atoms with Crippen molar-refractivity contribution in [1.82, 2.24) is 5.32 Å². The van der Waals surface area contributed by atoms with E-state index in [2.05, 4.69) is 5.32 Å². The summed E-state index contributed by atoms with van der Waals surface area (Å²) < 4.78 is 0. The molecule has 14 heavy (non-hydrogen) atoms. The summed E-state index contributed by atoms with van der Waals surface area (Å²) in [5.74, 6) is 0.254. The quantitative estimate of drug-likeness (QED) is 0.565. The first-order valence-electron chi connectivity index (χ1n) is 5.36. The van der Waals surface area contributed by atoms with E-state index in [9.17, 15) is 9.90 Å². The molecule has 0 bridgehead atoms. The minimum atomic E-state index is -0.425. The fourth-order valence-corrected chi connectivity index (χ4v) is 1.43. The highest BCUT2D eigenvalue weighted by Gasteiger charge is 2.29. The maximum Gasteiger partial charge on any atom is 0.237 e. The normalized spacial score (nSPS) is 20.2. The summed E-state index contributed by atoms with van der Waals surface area (Å²) >= 11 is 0. The van der Waals surface area contributed by atoms with Gasteiger partial charge >= 0.3 is 0 Å². The van der Waals surface area contributed by atoms with Gasteiger partial charge in [-0.1, -0.05) is 13.3 Å². The third kappa shape index (κ3) is 3.64. The lowest BCUT2D eigenvalue weighted by Gasteiger charge is -2.14. The van der Waals surface area contributed by atoms with Crippen molar-refractivity contribution in [3.8, 4) is 0 Å². The molecule has 0 aromatic carbocycles. The third-order valence-electron chi connectivity index (χ3n) is 2.59. The first-order valence-corrected chi connectivity index (χ1v) is 5.36. The van der Waals surface area contributed by atoms with E-state index in [0.29, 0.717) is 18.9 Å². The fraction of sp³-hybridized carbons (Fsp3) is 0.900. The number of aliphatic hydroxyl groups is 1. The largest absolute Gasteiger partial charge is 0.391 e. The van der Waals surface area contributed by atoms with E-state index in [1.165, 1.54) is 0 Å². The molecule has 4 N–H and O–H groups in total. The molecule has 4 heteroatoms. The molecule has 0 aliphatic heterocycles. The number of hydrogen-bond donors (Lipinski definition) is 3. The zero-order chi connectivity index (χ0) is 10.6. The van der Waals surface area contributed by atoms with E-state index in [1.807, 2.05) is 6.92 Å². The van der Waals surface area contributed by atoms with Crippen molar-refractivity contribution in [3.05, 3.63) is 0 Å². The van der Waals surface area contributed by atoms with Gasteiger partial charge < -0.3 is 16.2 Å². The van der Waals surface area contributed by atoms with Gasteiger partial charge in [0.25, 0.3) is 0 Å². The molecule has 1 fully saturated rings. The molecule has 4 nitrogen and oxygen atoms in total. The number of rotatable bonds is 6. The predicted molar refractivity (Wildman–Crippen MR) is 54.6 cm³/mol. The van der Waals surface area contributed by atoms with E-state index < -0.39 is 6.04 Å². The number of carbonyl (C=O) groups excluding carboxylic acids is 1. The Morgan fingerprint density at radius 2 is 2.29 bits per heavy atom. The summed E-state index contributed by atoms with van der Waals surface area (Å²) in [6, 6.07) is -0.425. The molecule has 1 amide bonds. The van der Waals surface area contributed by atoms with E-state index >= 15 is 0 Å². The number of nitrogens with two attached hydrogens (primary N) is 1. The van der Waals surface area contributed by atoms with Gasteiger partial charge in [-0.2, -0.15) is 0 Å². The summed E-state index contributed by atoms with van der Waals surface area (Å²) in [5.41, 5.74) is 5.61. The van der Waals surface area contributed by atoms with Crippen LogP contribution in [0, 0.1) is 5.92 Å². The van der Waals surface area contributed by atoms with E-state index in [1.54, 1.807) is 0 Å². The molecule has 1 aliphatic rings. The number of carbonyl (C=O) groups is 1. The molecule has 0 saturated heterocycles. The Kier molecular flexibility index (Phi) is 4.35. The molecule has 1 saturated carbocycles. The number of amides is 1. The van der Waals surface area contributed by atoms with Crippen LogP contribution in [0.4, 0.5) is 0 Å². The predicted octanol–water partition coefficient (Wildman–Crippen LogP) is 0.000900. The molecular weight excluding hydrogens is 180 g/mol. The molecule has 0 aromatic heterocycles. The van der Waals surface area contributed by atoms with Crippen LogP contribution in [0.1, 0.15) is 32.6 Å². The van der Waals surface area contributed by atoms with Crippen molar-refractivity contribution in [3.63, 3.8) is 0 Å². The van der Waals surface area contributed by atoms with Crippen LogP contribution >= 0.6 is 0 Å². The Balaban J connectivity index is 2.12. The van der Waals surface area contributed by atoms with Crippen LogP contribution in [0.5, 0.6) is 0 Å². The smallest absolute Gasteiger partial charge is 0.237 e. The van der Waals surface area contributed by atoms with Crippen LogP contribution < -0.4 is 11.1 Å². The zero-order valence-electron chi connectivity index (χ0n) is 8.70. The first-order chi connectivity index (χ1) is 6.65. The van der Waals surface area contributed by atoms with Gasteiger partial charge in [-0.15, -0.1) is 0 Å². The lowest BCUT2D eigenvalue weighted by atomic mass is 10.1. The summed E-state index contributed by atoms with van der Waals surface area (Å²) in [5, 5.41) is 12.2. The monoisotopic (exact) mass is 200 g/mol. The Hall–Kier alpha value is -0.610. The van der Waals surface area contributed by atoms with Gasteiger partial charge in [-0.3, -0.25) is 4.79 Å². The van der Waals surface area contributed by atoms with Crippen LogP contribution in [0.25, 0.3) is 0 Å². The highest BCUT2D eigenvalue weighted by molar-refractivity contribution is 5.81. The van der Waals surface area contributed by atoms with Gasteiger partial charge in [0.1, 0.15) is 0 Å². The third-order valence-corrected chi connectivity index (χ3v) is 2.59. The van der Waals surface area contributed by atoms with Crippen LogP contribution in [0.15, 0.2) is 0 Å². The molecule has 0 heterocycles. The molecule has 0 radical (unpaired) electrons. The molecule has 0 spiro atoms. The van der Waals surface area contributed by atoms with Gasteiger partial charge in [0.2, 0.25) is 5.91 Å². The molecule has 2 atom stereocenters. The van der Waals surface area contributed by atoms with Gasteiger partial charge in [0, 0.05) is 6.54 Å². The second-order valence-corrected chi connectivity index (χ2v) is 4.05. The Bertz CT molecular complexity index is 193. The lowest BCUT2D eigenvalue weighted by molar-refractivity contribution is -0.123. The van der Waals surface area contributed by atoms with Crippen molar-refractivity contribution in [2.45, 2.75) is 44.8 Å². The van der Waals surface area contributed by atoms with E-state index in [4.69, 9.17) is 5.73 Å². The lowest BCUT2D eigenvalue weighted by Crippen LogP contribution is -2.43. The maximum absolute atomic E-state index is 11.3. The second kappa shape index (κ2) is 5.32. The standard InChI is InChI=1S/C10H20N2O2/c1-2-3-8(11)10(14)12-6-9(13)7-4-5-7/h7-9,13H,2-6,11H2,1H3,(H,12,14). The van der Waals surface area contributed by atoms with Crippen molar-refractivity contribution in [2.24, 2.45) is 11.7 Å². The fourth-order valence-electron chi connectivity index (χ4n) is 1.43. The highest BCUT2D eigenvalue weighted by atomic mass is 16.3. The van der Waals surface area contributed by atoms with Gasteiger partial charge in [-0.25, -0.2) is 0 Å². The minimum absolute atomic E-state index is 0.147. The topological polar surface area (TPSA) is 75.4 Å². The van der Waals surface area contributed by atoms with Gasteiger partial charge in [-0.05, 0) is 25.2 Å². The average Bonchev–Trinajstić information content (AvgIpc) is 2.97. The van der Waals surface area contributed by atoms with E-state index in [-0.39, 0.29) is 12.0 Å². The van der Waals surface area contributed by atoms with Gasteiger partial charge in [0.05, 0.1) is 12.1 Å². The van der Waals surface area contributed by atoms with Crippen molar-refractivity contribution >= 4 is 5.91 Å². The Labute approximate surface area is 84.9 Å². The zero-order valence-corrected chi connectivity index (χ0v) is 8.70. The first kappa shape index (κ1) is 11.5. The summed E-state index contributed by atoms with van der Waals surface area (Å²) in [7, 11) is 0. The van der Waals surface area contributed by atoms with Crippen LogP contribution in [0.3, 0.4) is 0 Å². The summed E-state index contributed by atoms with van der Waals surface area (Å²) in [4.78, 5) is 11.3. The average molecular weight is 200 g/mol. The molecule has 1 rings (SSSR count). The van der Waals surface area contributed by atoms with Crippen LogP contribution in [-0.2, 0) is 4.79 Å². The van der Waals surface area contributed by atoms with Gasteiger partial charge in [0.15, 0.2) is 0 Å². The van der Waals surface area contributed by atoms with Crippen molar-refractivity contribution in [1.29, 1.82) is 0 Å². The number of hydrogen-bond acceptors (Lipinski definition) is 3. The Morgan fingerprint density at radius 1 is 1.64 bits per heavy atom. The molecule has 2 unspecified atom stereocenters. The number of nitrogens with one attached hydrogen (secondary N) is 1. The van der Waals surface area contributed by atoms with Crippen LogP contribution in [-0.4, -0.2) is 29.7 Å². The van der Waals surface area contributed by atoms with Crippen LogP contribution in [0.2, 0.25) is 0 Å². The van der Waals surface area contributed by atoms with Crippen molar-refractivity contribution in [2.75, 3.05) is 6.54 Å². The molecular formula is C10H20N2O2. The highest BCUT2D eigenvalue weighted by Crippen LogP contribution is 2.32. The maximum atomic E-state index is 11.3. The second-order valence-electron chi connectivity index (χ2n) is 4.05. The minimum Gasteiger partial charge on any atom is -0.391 e. The SMILES string of the molecule is CCCC(N)C(=O)NCC(O)C1CC1. The number of aliphatic hydroxyl groups excluding tert-OH is 1. The molecule has 1 aliphatic carbocycles. The summed E-state index contributed by atoms with van der Waals surface area (Å²) in [6.07, 6.45) is 3.38. The summed E-state index contributed by atoms with van der Waals surface area (Å²) in [6.45, 7) is 2.34. The Morgan fingerprint density at radius 3 is 2.79 bits per heavy atom. The van der Waals surface area contributed by atoms with E-state index in [0.717, 1.165) is 19.3 Å².